The van der Waals surface area contributed by atoms with Crippen molar-refractivity contribution in [2.45, 2.75) is 52.0 Å². The number of hydrogen-bond donors (Lipinski definition) is 1. The first-order valence-electron chi connectivity index (χ1n) is 8.91. The Morgan fingerprint density at radius 1 is 1.28 bits per heavy atom. The molecule has 1 amide bonds. The van der Waals surface area contributed by atoms with Crippen LogP contribution in [0.3, 0.4) is 0 Å². The van der Waals surface area contributed by atoms with Gasteiger partial charge in [0.2, 0.25) is 17.6 Å². The second-order valence-electron chi connectivity index (χ2n) is 6.96. The molecule has 3 atom stereocenters. The van der Waals surface area contributed by atoms with Gasteiger partial charge in [-0.2, -0.15) is 4.98 Å². The summed E-state index contributed by atoms with van der Waals surface area (Å²) >= 11 is 0. The van der Waals surface area contributed by atoms with Gasteiger partial charge in [-0.1, -0.05) is 31.8 Å². The topological polar surface area (TPSA) is 68.0 Å². The van der Waals surface area contributed by atoms with Crippen LogP contribution in [0.4, 0.5) is 4.39 Å². The average Bonchev–Trinajstić information content (AvgIpc) is 3.07. The van der Waals surface area contributed by atoms with Gasteiger partial charge >= 0.3 is 0 Å². The smallest absolute Gasteiger partial charge is 0.227 e. The predicted octanol–water partition coefficient (Wildman–Crippen LogP) is 3.75. The quantitative estimate of drug-likeness (QED) is 0.896. The highest BCUT2D eigenvalue weighted by molar-refractivity contribution is 5.76. The zero-order valence-electron chi connectivity index (χ0n) is 14.7. The fourth-order valence-corrected chi connectivity index (χ4v) is 3.36. The van der Waals surface area contributed by atoms with Gasteiger partial charge in [-0.3, -0.25) is 4.79 Å². The molecule has 1 aromatic heterocycles. The van der Waals surface area contributed by atoms with Crippen LogP contribution in [0.5, 0.6) is 0 Å². The lowest BCUT2D eigenvalue weighted by Crippen LogP contribution is -2.43. The normalized spacial score (nSPS) is 23.4. The third-order valence-electron chi connectivity index (χ3n) is 5.19. The maximum Gasteiger partial charge on any atom is 0.227 e. The number of hydrogen-bond acceptors (Lipinski definition) is 4. The zero-order chi connectivity index (χ0) is 17.8. The summed E-state index contributed by atoms with van der Waals surface area (Å²) in [6.07, 6.45) is 4.18. The summed E-state index contributed by atoms with van der Waals surface area (Å²) in [5.41, 5.74) is 0.686. The minimum Gasteiger partial charge on any atom is -0.353 e. The van der Waals surface area contributed by atoms with Crippen LogP contribution in [0.25, 0.3) is 11.4 Å². The Labute approximate surface area is 147 Å². The molecule has 1 aliphatic carbocycles. The lowest BCUT2D eigenvalue weighted by molar-refractivity contribution is -0.122. The molecule has 134 valence electrons. The molecule has 1 aliphatic rings. The van der Waals surface area contributed by atoms with Crippen LogP contribution in [-0.2, 0) is 11.2 Å². The monoisotopic (exact) mass is 345 g/mol. The van der Waals surface area contributed by atoms with E-state index in [9.17, 15) is 9.18 Å². The number of carbonyl (C=O) groups is 1. The maximum atomic E-state index is 13.0. The SMILES string of the molecule is CC1CCCC(NC(=O)CCc2nc(-c3ccc(F)cc3)no2)C1C. The molecule has 3 rings (SSSR count). The summed E-state index contributed by atoms with van der Waals surface area (Å²) in [5.74, 6) is 1.69. The van der Waals surface area contributed by atoms with Gasteiger partial charge in [0, 0.05) is 24.4 Å². The number of benzene rings is 1. The zero-order valence-corrected chi connectivity index (χ0v) is 14.7. The molecular weight excluding hydrogens is 321 g/mol. The summed E-state index contributed by atoms with van der Waals surface area (Å²) in [6, 6.07) is 6.16. The van der Waals surface area contributed by atoms with Crippen LogP contribution < -0.4 is 5.32 Å². The molecule has 3 unspecified atom stereocenters. The van der Waals surface area contributed by atoms with E-state index in [0.717, 1.165) is 6.42 Å². The molecule has 5 nitrogen and oxygen atoms in total. The molecule has 1 fully saturated rings. The number of rotatable bonds is 5. The van der Waals surface area contributed by atoms with E-state index >= 15 is 0 Å². The van der Waals surface area contributed by atoms with Gasteiger partial charge < -0.3 is 9.84 Å². The van der Waals surface area contributed by atoms with E-state index < -0.39 is 0 Å². The Balaban J connectivity index is 1.52. The molecular formula is C19H24FN3O2. The summed E-state index contributed by atoms with van der Waals surface area (Å²) in [4.78, 5) is 16.5. The van der Waals surface area contributed by atoms with Crippen LogP contribution in [0.2, 0.25) is 0 Å². The van der Waals surface area contributed by atoms with Crippen LogP contribution >= 0.6 is 0 Å². The maximum absolute atomic E-state index is 13.0. The molecule has 1 heterocycles. The van der Waals surface area contributed by atoms with Crippen LogP contribution in [-0.4, -0.2) is 22.1 Å². The molecule has 1 N–H and O–H groups in total. The second kappa shape index (κ2) is 7.76. The number of aromatic nitrogens is 2. The number of nitrogens with one attached hydrogen (secondary N) is 1. The Kier molecular flexibility index (Phi) is 5.46. The summed E-state index contributed by atoms with van der Waals surface area (Å²) in [7, 11) is 0. The van der Waals surface area contributed by atoms with E-state index in [1.165, 1.54) is 25.0 Å². The third kappa shape index (κ3) is 4.44. The van der Waals surface area contributed by atoms with Gasteiger partial charge in [0.1, 0.15) is 5.82 Å². The summed E-state index contributed by atoms with van der Waals surface area (Å²) in [6.45, 7) is 4.46. The number of amides is 1. The number of nitrogens with zero attached hydrogens (tertiary/aromatic N) is 2. The number of aryl methyl sites for hydroxylation is 1. The average molecular weight is 345 g/mol. The van der Waals surface area contributed by atoms with E-state index in [-0.39, 0.29) is 17.8 Å². The van der Waals surface area contributed by atoms with Gasteiger partial charge in [-0.05, 0) is 42.5 Å². The molecule has 1 aromatic carbocycles. The van der Waals surface area contributed by atoms with Crippen molar-refractivity contribution < 1.29 is 13.7 Å². The van der Waals surface area contributed by atoms with E-state index in [1.807, 2.05) is 0 Å². The standard InChI is InChI=1S/C19H24FN3O2/c1-12-4-3-5-16(13(12)2)21-17(24)10-11-18-22-19(23-25-18)14-6-8-15(20)9-7-14/h6-9,12-13,16H,3-5,10-11H2,1-2H3,(H,21,24). The number of carbonyl (C=O) groups excluding carboxylic acids is 1. The van der Waals surface area contributed by atoms with Crippen molar-refractivity contribution >= 4 is 5.91 Å². The first-order valence-corrected chi connectivity index (χ1v) is 8.91. The summed E-state index contributed by atoms with van der Waals surface area (Å²) in [5, 5.41) is 7.03. The van der Waals surface area contributed by atoms with Gasteiger partial charge in [0.05, 0.1) is 0 Å². The summed E-state index contributed by atoms with van der Waals surface area (Å²) < 4.78 is 18.1. The molecule has 25 heavy (non-hydrogen) atoms. The van der Waals surface area contributed by atoms with Crippen molar-refractivity contribution in [1.29, 1.82) is 0 Å². The molecule has 0 aliphatic heterocycles. The Bertz CT molecular complexity index is 714. The van der Waals surface area contributed by atoms with E-state index in [4.69, 9.17) is 4.52 Å². The molecule has 0 bridgehead atoms. The third-order valence-corrected chi connectivity index (χ3v) is 5.19. The Morgan fingerprint density at radius 3 is 2.80 bits per heavy atom. The molecule has 6 heteroatoms. The first kappa shape index (κ1) is 17.6. The Hall–Kier alpha value is -2.24. The van der Waals surface area contributed by atoms with Gasteiger partial charge in [0.15, 0.2) is 0 Å². The fraction of sp³-hybridized carbons (Fsp3) is 0.526. The largest absolute Gasteiger partial charge is 0.353 e. The minimum absolute atomic E-state index is 0.0208. The van der Waals surface area contributed by atoms with E-state index in [1.54, 1.807) is 12.1 Å². The Morgan fingerprint density at radius 2 is 2.04 bits per heavy atom. The number of halogens is 1. The van der Waals surface area contributed by atoms with Crippen molar-refractivity contribution in [2.24, 2.45) is 11.8 Å². The highest BCUT2D eigenvalue weighted by atomic mass is 19.1. The van der Waals surface area contributed by atoms with E-state index in [0.29, 0.717) is 42.0 Å². The van der Waals surface area contributed by atoms with Crippen molar-refractivity contribution in [3.05, 3.63) is 36.0 Å². The molecule has 1 saturated carbocycles. The van der Waals surface area contributed by atoms with Gasteiger partial charge in [0.25, 0.3) is 0 Å². The van der Waals surface area contributed by atoms with Crippen LogP contribution in [0.1, 0.15) is 45.4 Å². The molecule has 0 spiro atoms. The highest BCUT2D eigenvalue weighted by Gasteiger charge is 2.28. The van der Waals surface area contributed by atoms with Gasteiger partial charge in [-0.25, -0.2) is 4.39 Å². The molecule has 0 radical (unpaired) electrons. The van der Waals surface area contributed by atoms with Crippen molar-refractivity contribution in [1.82, 2.24) is 15.5 Å². The van der Waals surface area contributed by atoms with Crippen LogP contribution in [0, 0.1) is 17.7 Å². The van der Waals surface area contributed by atoms with E-state index in [2.05, 4.69) is 29.3 Å². The van der Waals surface area contributed by atoms with Crippen molar-refractivity contribution in [3.63, 3.8) is 0 Å². The lowest BCUT2D eigenvalue weighted by atomic mass is 9.78. The van der Waals surface area contributed by atoms with Crippen LogP contribution in [0.15, 0.2) is 28.8 Å². The molecule has 0 saturated heterocycles. The lowest BCUT2D eigenvalue weighted by Gasteiger charge is -2.34. The predicted molar refractivity (Wildman–Crippen MR) is 92.1 cm³/mol. The van der Waals surface area contributed by atoms with Crippen molar-refractivity contribution in [2.75, 3.05) is 0 Å². The minimum atomic E-state index is -0.310. The second-order valence-corrected chi connectivity index (χ2v) is 6.96. The van der Waals surface area contributed by atoms with Gasteiger partial charge in [-0.15, -0.1) is 0 Å². The van der Waals surface area contributed by atoms with Crippen molar-refractivity contribution in [3.8, 4) is 11.4 Å². The molecule has 2 aromatic rings. The first-order chi connectivity index (χ1) is 12.0. The highest BCUT2D eigenvalue weighted by Crippen LogP contribution is 2.29. The fourth-order valence-electron chi connectivity index (χ4n) is 3.36.